The zero-order chi connectivity index (χ0) is 19.6. The number of carbonyl (C=O) groups excluding carboxylic acids is 1. The molecule has 3 aromatic rings. The fourth-order valence-electron chi connectivity index (χ4n) is 2.41. The first kappa shape index (κ1) is 19.7. The molecule has 0 saturated heterocycles. The Morgan fingerprint density at radius 3 is 2.56 bits per heavy atom. The second kappa shape index (κ2) is 8.33. The van der Waals surface area contributed by atoms with Crippen LogP contribution < -0.4 is 5.32 Å². The van der Waals surface area contributed by atoms with Crippen LogP contribution in [0.2, 0.25) is 10.0 Å². The molecule has 0 fully saturated rings. The van der Waals surface area contributed by atoms with Crippen LogP contribution in [0.25, 0.3) is 11.4 Å². The molecule has 0 spiro atoms. The number of thioether (sulfide) groups is 1. The summed E-state index contributed by atoms with van der Waals surface area (Å²) in [5, 5.41) is 12.5. The second-order valence-electron chi connectivity index (χ2n) is 6.10. The maximum Gasteiger partial charge on any atom is 0.237 e. The van der Waals surface area contributed by atoms with Crippen LogP contribution in [-0.4, -0.2) is 25.9 Å². The Kier molecular flexibility index (Phi) is 6.09. The number of halogens is 2. The highest BCUT2D eigenvalue weighted by molar-refractivity contribution is 8.00. The van der Waals surface area contributed by atoms with E-state index in [-0.39, 0.29) is 5.91 Å². The first-order valence-corrected chi connectivity index (χ1v) is 9.87. The molecule has 0 bridgehead atoms. The molecule has 0 radical (unpaired) electrons. The third-order valence-electron chi connectivity index (χ3n) is 3.98. The standard InChI is InChI=1S/C19H18Cl2N4OS/c1-11-4-6-13(7-5-11)17-23-24-19(25(17)3)27-12(2)18(26)22-16-10-14(20)8-9-15(16)21/h4-10,12H,1-3H3,(H,22,26). The number of aryl methyl sites for hydroxylation is 1. The van der Waals surface area contributed by atoms with E-state index in [4.69, 9.17) is 23.2 Å². The summed E-state index contributed by atoms with van der Waals surface area (Å²) in [5.41, 5.74) is 2.64. The number of benzene rings is 2. The summed E-state index contributed by atoms with van der Waals surface area (Å²) >= 11 is 13.4. The van der Waals surface area contributed by atoms with Gasteiger partial charge in [-0.3, -0.25) is 4.79 Å². The molecule has 1 unspecified atom stereocenters. The van der Waals surface area contributed by atoms with Crippen LogP contribution >= 0.6 is 35.0 Å². The monoisotopic (exact) mass is 420 g/mol. The van der Waals surface area contributed by atoms with E-state index in [1.807, 2.05) is 42.8 Å². The lowest BCUT2D eigenvalue weighted by atomic mass is 10.1. The lowest BCUT2D eigenvalue weighted by Crippen LogP contribution is -2.23. The Hall–Kier alpha value is -2.02. The van der Waals surface area contributed by atoms with Crippen molar-refractivity contribution in [2.75, 3.05) is 5.32 Å². The molecule has 8 heteroatoms. The largest absolute Gasteiger partial charge is 0.324 e. The highest BCUT2D eigenvalue weighted by Crippen LogP contribution is 2.29. The number of amides is 1. The predicted octanol–water partition coefficient (Wildman–Crippen LogP) is 5.22. The van der Waals surface area contributed by atoms with Gasteiger partial charge < -0.3 is 9.88 Å². The molecule has 1 amide bonds. The molecule has 1 aromatic heterocycles. The van der Waals surface area contributed by atoms with E-state index in [2.05, 4.69) is 15.5 Å². The van der Waals surface area contributed by atoms with E-state index < -0.39 is 5.25 Å². The minimum atomic E-state index is -0.395. The van der Waals surface area contributed by atoms with Crippen LogP contribution in [0.3, 0.4) is 0 Å². The fraction of sp³-hybridized carbons (Fsp3) is 0.211. The third kappa shape index (κ3) is 4.64. The molecular formula is C19H18Cl2N4OS. The van der Waals surface area contributed by atoms with E-state index >= 15 is 0 Å². The van der Waals surface area contributed by atoms with Crippen LogP contribution in [-0.2, 0) is 11.8 Å². The number of carbonyl (C=O) groups is 1. The SMILES string of the molecule is Cc1ccc(-c2nnc(SC(C)C(=O)Nc3cc(Cl)ccc3Cl)n2C)cc1. The smallest absolute Gasteiger partial charge is 0.237 e. The average molecular weight is 421 g/mol. The number of nitrogens with one attached hydrogen (secondary N) is 1. The van der Waals surface area contributed by atoms with Gasteiger partial charge in [0.2, 0.25) is 5.91 Å². The second-order valence-corrected chi connectivity index (χ2v) is 8.26. The fourth-order valence-corrected chi connectivity index (χ4v) is 3.56. The topological polar surface area (TPSA) is 59.8 Å². The molecule has 2 aromatic carbocycles. The summed E-state index contributed by atoms with van der Waals surface area (Å²) in [6.45, 7) is 3.84. The van der Waals surface area contributed by atoms with Crippen molar-refractivity contribution in [1.82, 2.24) is 14.8 Å². The molecular weight excluding hydrogens is 403 g/mol. The molecule has 1 heterocycles. The van der Waals surface area contributed by atoms with Crippen molar-refractivity contribution < 1.29 is 4.79 Å². The Balaban J connectivity index is 1.72. The number of rotatable bonds is 5. The summed E-state index contributed by atoms with van der Waals surface area (Å²) in [5.74, 6) is 0.562. The molecule has 0 aliphatic heterocycles. The van der Waals surface area contributed by atoms with Crippen molar-refractivity contribution >= 4 is 46.6 Å². The average Bonchev–Trinajstić information content (AvgIpc) is 2.99. The van der Waals surface area contributed by atoms with Gasteiger partial charge in [0.1, 0.15) is 0 Å². The minimum absolute atomic E-state index is 0.191. The van der Waals surface area contributed by atoms with Gasteiger partial charge in [-0.2, -0.15) is 0 Å². The molecule has 1 atom stereocenters. The van der Waals surface area contributed by atoms with Crippen molar-refractivity contribution in [2.45, 2.75) is 24.3 Å². The van der Waals surface area contributed by atoms with Gasteiger partial charge in [-0.15, -0.1) is 10.2 Å². The van der Waals surface area contributed by atoms with Crippen molar-refractivity contribution in [3.05, 3.63) is 58.1 Å². The third-order valence-corrected chi connectivity index (χ3v) is 5.68. The number of nitrogens with zero attached hydrogens (tertiary/aromatic N) is 3. The molecule has 5 nitrogen and oxygen atoms in total. The van der Waals surface area contributed by atoms with Crippen LogP contribution in [0.5, 0.6) is 0 Å². The van der Waals surface area contributed by atoms with Gasteiger partial charge in [0, 0.05) is 17.6 Å². The minimum Gasteiger partial charge on any atom is -0.324 e. The molecule has 3 rings (SSSR count). The Bertz CT molecular complexity index is 972. The van der Waals surface area contributed by atoms with Gasteiger partial charge in [0.25, 0.3) is 0 Å². The normalized spacial score (nSPS) is 12.0. The van der Waals surface area contributed by atoms with Crippen molar-refractivity contribution in [2.24, 2.45) is 7.05 Å². The van der Waals surface area contributed by atoms with Gasteiger partial charge in [0.05, 0.1) is 16.0 Å². The number of anilines is 1. The van der Waals surface area contributed by atoms with Gasteiger partial charge in [-0.1, -0.05) is 64.8 Å². The lowest BCUT2D eigenvalue weighted by molar-refractivity contribution is -0.115. The molecule has 27 heavy (non-hydrogen) atoms. The predicted molar refractivity (Wildman–Crippen MR) is 112 cm³/mol. The Morgan fingerprint density at radius 2 is 1.85 bits per heavy atom. The van der Waals surface area contributed by atoms with Crippen molar-refractivity contribution in [3.8, 4) is 11.4 Å². The highest BCUT2D eigenvalue weighted by Gasteiger charge is 2.20. The van der Waals surface area contributed by atoms with Crippen molar-refractivity contribution in [3.63, 3.8) is 0 Å². The number of hydrogen-bond donors (Lipinski definition) is 1. The zero-order valence-corrected chi connectivity index (χ0v) is 17.4. The van der Waals surface area contributed by atoms with Crippen LogP contribution in [0.1, 0.15) is 12.5 Å². The maximum absolute atomic E-state index is 12.5. The number of aromatic nitrogens is 3. The summed E-state index contributed by atoms with van der Waals surface area (Å²) in [4.78, 5) is 12.5. The zero-order valence-electron chi connectivity index (χ0n) is 15.0. The van der Waals surface area contributed by atoms with E-state index in [1.165, 1.54) is 17.3 Å². The van der Waals surface area contributed by atoms with Crippen molar-refractivity contribution in [1.29, 1.82) is 0 Å². The number of hydrogen-bond acceptors (Lipinski definition) is 4. The lowest BCUT2D eigenvalue weighted by Gasteiger charge is -2.13. The van der Waals surface area contributed by atoms with Gasteiger partial charge in [0.15, 0.2) is 11.0 Å². The van der Waals surface area contributed by atoms with Gasteiger partial charge >= 0.3 is 0 Å². The van der Waals surface area contributed by atoms with Gasteiger partial charge in [-0.25, -0.2) is 0 Å². The summed E-state index contributed by atoms with van der Waals surface area (Å²) in [6.07, 6.45) is 0. The maximum atomic E-state index is 12.5. The molecule has 0 saturated carbocycles. The van der Waals surface area contributed by atoms with E-state index in [0.29, 0.717) is 20.9 Å². The van der Waals surface area contributed by atoms with Crippen LogP contribution in [0.15, 0.2) is 47.6 Å². The summed E-state index contributed by atoms with van der Waals surface area (Å²) in [7, 11) is 1.88. The first-order chi connectivity index (χ1) is 12.8. The Labute approximate surface area is 172 Å². The van der Waals surface area contributed by atoms with Crippen LogP contribution in [0.4, 0.5) is 5.69 Å². The molecule has 0 aliphatic rings. The Morgan fingerprint density at radius 1 is 1.15 bits per heavy atom. The van der Waals surface area contributed by atoms with Gasteiger partial charge in [-0.05, 0) is 32.0 Å². The van der Waals surface area contributed by atoms with E-state index in [0.717, 1.165) is 11.4 Å². The molecule has 1 N–H and O–H groups in total. The van der Waals surface area contributed by atoms with E-state index in [1.54, 1.807) is 25.1 Å². The van der Waals surface area contributed by atoms with Crippen LogP contribution in [0, 0.1) is 6.92 Å². The summed E-state index contributed by atoms with van der Waals surface area (Å²) < 4.78 is 1.88. The first-order valence-electron chi connectivity index (χ1n) is 8.24. The highest BCUT2D eigenvalue weighted by atomic mass is 35.5. The molecule has 0 aliphatic carbocycles. The van der Waals surface area contributed by atoms with E-state index in [9.17, 15) is 4.79 Å². The molecule has 140 valence electrons. The summed E-state index contributed by atoms with van der Waals surface area (Å²) in [6, 6.07) is 13.0. The quantitative estimate of drug-likeness (QED) is 0.574.